The fourth-order valence-electron chi connectivity index (χ4n) is 2.61. The van der Waals surface area contributed by atoms with Crippen LogP contribution in [0.1, 0.15) is 24.0 Å². The van der Waals surface area contributed by atoms with Crippen LogP contribution in [0.25, 0.3) is 17.0 Å². The van der Waals surface area contributed by atoms with Gasteiger partial charge in [-0.25, -0.2) is 4.98 Å². The maximum Gasteiger partial charge on any atom is 0.272 e. The molecule has 0 amide bonds. The van der Waals surface area contributed by atoms with E-state index in [-0.39, 0.29) is 0 Å². The van der Waals surface area contributed by atoms with Crippen molar-refractivity contribution >= 4 is 11.5 Å². The minimum Gasteiger partial charge on any atom is -0.391 e. The Hall–Kier alpha value is -3.09. The lowest BCUT2D eigenvalue weighted by molar-refractivity contribution is 0.175. The average molecular weight is 306 g/mol. The molecule has 7 nitrogen and oxygen atoms in total. The Bertz CT molecular complexity index is 943. The molecule has 0 atom stereocenters. The summed E-state index contributed by atoms with van der Waals surface area (Å²) in [5, 5.41) is 17.1. The molecule has 1 aliphatic rings. The zero-order valence-corrected chi connectivity index (χ0v) is 12.6. The van der Waals surface area contributed by atoms with Crippen LogP contribution in [0, 0.1) is 0 Å². The number of nitrogens with zero attached hydrogens (tertiary/aromatic N) is 6. The van der Waals surface area contributed by atoms with Gasteiger partial charge in [0.15, 0.2) is 5.82 Å². The highest BCUT2D eigenvalue weighted by molar-refractivity contribution is 6.22. The molecular weight excluding hydrogens is 292 g/mol. The van der Waals surface area contributed by atoms with Crippen LogP contribution in [0.15, 0.2) is 42.1 Å². The van der Waals surface area contributed by atoms with Gasteiger partial charge in [-0.05, 0) is 0 Å². The van der Waals surface area contributed by atoms with E-state index in [1.807, 2.05) is 31.2 Å². The quantitative estimate of drug-likeness (QED) is 0.327. The summed E-state index contributed by atoms with van der Waals surface area (Å²) in [5.74, 6) is 1.25. The van der Waals surface area contributed by atoms with Gasteiger partial charge in [0.05, 0.1) is 0 Å². The van der Waals surface area contributed by atoms with Crippen molar-refractivity contribution < 1.29 is 4.84 Å². The Morgan fingerprint density at radius 2 is 2.04 bits per heavy atom. The first-order valence-corrected chi connectivity index (χ1v) is 7.36. The molecule has 1 aromatic carbocycles. The molecule has 114 valence electrons. The minimum absolute atomic E-state index is 0.337. The van der Waals surface area contributed by atoms with Crippen molar-refractivity contribution in [3.05, 3.63) is 54.0 Å². The van der Waals surface area contributed by atoms with Gasteiger partial charge in [-0.15, -0.1) is 10.2 Å². The van der Waals surface area contributed by atoms with Gasteiger partial charge >= 0.3 is 0 Å². The molecule has 0 N–H and O–H groups in total. The minimum atomic E-state index is 0.337. The Morgan fingerprint density at radius 3 is 2.83 bits per heavy atom. The fourth-order valence-corrected chi connectivity index (χ4v) is 2.61. The zero-order valence-electron chi connectivity index (χ0n) is 12.6. The first kappa shape index (κ1) is 13.6. The van der Waals surface area contributed by atoms with Crippen molar-refractivity contribution in [3.8, 4) is 11.3 Å². The first-order valence-electron chi connectivity index (χ1n) is 7.36. The van der Waals surface area contributed by atoms with Crippen LogP contribution in [-0.2, 0) is 11.3 Å². The maximum absolute atomic E-state index is 5.29. The van der Waals surface area contributed by atoms with Crippen LogP contribution in [0.5, 0.6) is 0 Å². The largest absolute Gasteiger partial charge is 0.391 e. The van der Waals surface area contributed by atoms with Crippen LogP contribution in [-0.4, -0.2) is 37.1 Å². The third-order valence-electron chi connectivity index (χ3n) is 3.65. The molecule has 1 aliphatic carbocycles. The van der Waals surface area contributed by atoms with Crippen molar-refractivity contribution in [1.29, 1.82) is 0 Å². The second-order valence-electron chi connectivity index (χ2n) is 5.06. The summed E-state index contributed by atoms with van der Waals surface area (Å²) in [6, 6.07) is 7.89. The summed E-state index contributed by atoms with van der Waals surface area (Å²) in [6.45, 7) is 5.97. The summed E-state index contributed by atoms with van der Waals surface area (Å²) in [5.41, 5.74) is 4.02. The van der Waals surface area contributed by atoms with Crippen molar-refractivity contribution in [3.63, 3.8) is 0 Å². The first-order chi connectivity index (χ1) is 11.3. The van der Waals surface area contributed by atoms with Crippen LogP contribution in [0.2, 0.25) is 0 Å². The van der Waals surface area contributed by atoms with Gasteiger partial charge in [-0.3, -0.25) is 0 Å². The maximum atomic E-state index is 5.29. The summed E-state index contributed by atoms with van der Waals surface area (Å²) in [7, 11) is 0. The second kappa shape index (κ2) is 5.28. The van der Waals surface area contributed by atoms with E-state index in [4.69, 9.17) is 4.84 Å². The molecule has 0 radical (unpaired) electrons. The Morgan fingerprint density at radius 1 is 1.22 bits per heavy atom. The number of oxime groups is 1. The molecule has 0 aliphatic heterocycles. The number of aromatic nitrogens is 5. The molecular formula is C16H14N6O. The molecule has 23 heavy (non-hydrogen) atoms. The summed E-state index contributed by atoms with van der Waals surface area (Å²) < 4.78 is 1.66. The number of aryl methyl sites for hydroxylation is 1. The molecule has 2 heterocycles. The zero-order chi connectivity index (χ0) is 15.8. The molecule has 7 heteroatoms. The van der Waals surface area contributed by atoms with Gasteiger partial charge in [0.2, 0.25) is 0 Å². The van der Waals surface area contributed by atoms with Crippen LogP contribution in [0.4, 0.5) is 0 Å². The molecule has 0 bridgehead atoms. The third kappa shape index (κ3) is 2.01. The SMILES string of the molecule is C=CCO/N=C1/c2ccccc2-c2nc3nnc(CC)n3nc21. The van der Waals surface area contributed by atoms with Crippen LogP contribution in [0.3, 0.4) is 0 Å². The van der Waals surface area contributed by atoms with Crippen molar-refractivity contribution in [2.75, 3.05) is 6.61 Å². The van der Waals surface area contributed by atoms with Gasteiger partial charge in [0, 0.05) is 17.5 Å². The lowest BCUT2D eigenvalue weighted by Crippen LogP contribution is -2.08. The number of hydrogen-bond acceptors (Lipinski definition) is 6. The van der Waals surface area contributed by atoms with Gasteiger partial charge in [0.25, 0.3) is 5.78 Å². The third-order valence-corrected chi connectivity index (χ3v) is 3.65. The number of fused-ring (bicyclic) bond motifs is 4. The molecule has 0 spiro atoms. The highest BCUT2D eigenvalue weighted by Crippen LogP contribution is 2.34. The average Bonchev–Trinajstić information content (AvgIpc) is 3.12. The van der Waals surface area contributed by atoms with E-state index in [2.05, 4.69) is 32.0 Å². The van der Waals surface area contributed by atoms with E-state index in [1.54, 1.807) is 10.6 Å². The van der Waals surface area contributed by atoms with Gasteiger partial charge in [0.1, 0.15) is 23.7 Å². The molecule has 4 rings (SSSR count). The molecule has 0 saturated heterocycles. The van der Waals surface area contributed by atoms with E-state index >= 15 is 0 Å². The lowest BCUT2D eigenvalue weighted by Gasteiger charge is -2.01. The van der Waals surface area contributed by atoms with E-state index in [0.717, 1.165) is 29.1 Å². The van der Waals surface area contributed by atoms with Crippen LogP contribution >= 0.6 is 0 Å². The normalized spacial score (nSPS) is 14.0. The molecule has 0 unspecified atom stereocenters. The molecule has 0 saturated carbocycles. The molecule has 2 aromatic heterocycles. The highest BCUT2D eigenvalue weighted by Gasteiger charge is 2.30. The highest BCUT2D eigenvalue weighted by atomic mass is 16.6. The predicted octanol–water partition coefficient (Wildman–Crippen LogP) is 2.02. The number of benzene rings is 1. The monoisotopic (exact) mass is 306 g/mol. The Balaban J connectivity index is 1.96. The number of rotatable bonds is 4. The van der Waals surface area contributed by atoms with Gasteiger partial charge in [-0.2, -0.15) is 9.61 Å². The molecule has 0 fully saturated rings. The van der Waals surface area contributed by atoms with Gasteiger partial charge < -0.3 is 4.84 Å². The van der Waals surface area contributed by atoms with Gasteiger partial charge in [-0.1, -0.05) is 49.0 Å². The van der Waals surface area contributed by atoms with E-state index in [0.29, 0.717) is 23.8 Å². The fraction of sp³-hybridized carbons (Fsp3) is 0.188. The lowest BCUT2D eigenvalue weighted by atomic mass is 10.1. The predicted molar refractivity (Wildman–Crippen MR) is 85.2 cm³/mol. The van der Waals surface area contributed by atoms with Crippen molar-refractivity contribution in [1.82, 2.24) is 24.8 Å². The van der Waals surface area contributed by atoms with Crippen molar-refractivity contribution in [2.24, 2.45) is 5.16 Å². The Kier molecular flexibility index (Phi) is 3.11. The smallest absolute Gasteiger partial charge is 0.272 e. The summed E-state index contributed by atoms with van der Waals surface area (Å²) in [6.07, 6.45) is 2.37. The topological polar surface area (TPSA) is 77.6 Å². The second-order valence-corrected chi connectivity index (χ2v) is 5.06. The Labute approximate surface area is 132 Å². The van der Waals surface area contributed by atoms with Crippen molar-refractivity contribution in [2.45, 2.75) is 13.3 Å². The summed E-state index contributed by atoms with van der Waals surface area (Å²) >= 11 is 0. The molecule has 3 aromatic rings. The van der Waals surface area contributed by atoms with E-state index in [9.17, 15) is 0 Å². The van der Waals surface area contributed by atoms with E-state index in [1.165, 1.54) is 0 Å². The summed E-state index contributed by atoms with van der Waals surface area (Å²) in [4.78, 5) is 9.91. The number of hydrogen-bond donors (Lipinski definition) is 0. The van der Waals surface area contributed by atoms with Crippen LogP contribution < -0.4 is 0 Å². The standard InChI is InChI=1S/C16H14N6O/c1-3-9-23-21-14-11-8-6-5-7-10(11)13-15(14)20-22-12(4-2)18-19-16(22)17-13/h3,5-8H,1,4,9H2,2H3/b21-14-. The van der Waals surface area contributed by atoms with E-state index < -0.39 is 0 Å².